The number of ether oxygens (including phenoxy) is 1. The van der Waals surface area contributed by atoms with E-state index >= 15 is 0 Å². The lowest BCUT2D eigenvalue weighted by molar-refractivity contribution is -0.387. The third-order valence-corrected chi connectivity index (χ3v) is 4.12. The lowest BCUT2D eigenvalue weighted by Crippen LogP contribution is -2.30. The second-order valence-corrected chi connectivity index (χ2v) is 5.97. The minimum atomic E-state index is -4.73. The third-order valence-electron chi connectivity index (χ3n) is 4.12. The van der Waals surface area contributed by atoms with E-state index in [1.807, 2.05) is 0 Å². The van der Waals surface area contributed by atoms with Crippen LogP contribution in [0.1, 0.15) is 5.56 Å². The molecule has 0 aliphatic carbocycles. The molecule has 0 radical (unpaired) electrons. The summed E-state index contributed by atoms with van der Waals surface area (Å²) in [6.45, 7) is -1.80. The van der Waals surface area contributed by atoms with Crippen molar-refractivity contribution in [1.82, 2.24) is 9.13 Å². The molecular weight excluding hydrogens is 386 g/mol. The number of hydrogen-bond donors (Lipinski definition) is 0. The second kappa shape index (κ2) is 6.98. The molecule has 7 nitrogen and oxygen atoms in total. The van der Waals surface area contributed by atoms with Crippen molar-refractivity contribution in [3.63, 3.8) is 0 Å². The molecule has 3 aromatic rings. The van der Waals surface area contributed by atoms with E-state index in [4.69, 9.17) is 4.74 Å². The summed E-state index contributed by atoms with van der Waals surface area (Å²) in [7, 11) is 1.46. The average Bonchev–Trinajstić information content (AvgIpc) is 2.85. The molecule has 148 valence electrons. The minimum absolute atomic E-state index is 0.160. The van der Waals surface area contributed by atoms with E-state index in [-0.39, 0.29) is 17.6 Å². The van der Waals surface area contributed by atoms with Crippen LogP contribution in [0.15, 0.2) is 41.2 Å². The topological polar surface area (TPSA) is 79.3 Å². The highest BCUT2D eigenvalue weighted by Gasteiger charge is 2.32. The van der Waals surface area contributed by atoms with Crippen LogP contribution in [0.3, 0.4) is 0 Å². The normalized spacial score (nSPS) is 11.8. The van der Waals surface area contributed by atoms with Crippen LogP contribution in [0, 0.1) is 15.9 Å². The highest BCUT2D eigenvalue weighted by Crippen LogP contribution is 2.27. The van der Waals surface area contributed by atoms with Crippen LogP contribution in [0.25, 0.3) is 11.0 Å². The predicted molar refractivity (Wildman–Crippen MR) is 91.0 cm³/mol. The van der Waals surface area contributed by atoms with E-state index in [0.29, 0.717) is 21.9 Å². The number of benzene rings is 2. The lowest BCUT2D eigenvalue weighted by atomic mass is 10.2. The summed E-state index contributed by atoms with van der Waals surface area (Å²) in [6, 6.07) is 7.72. The van der Waals surface area contributed by atoms with Gasteiger partial charge in [-0.25, -0.2) is 4.79 Å². The number of alkyl halides is 3. The number of rotatable bonds is 5. The molecule has 11 heteroatoms. The molecule has 3 rings (SSSR count). The number of nitro benzene ring substituents is 1. The van der Waals surface area contributed by atoms with Crippen LogP contribution >= 0.6 is 0 Å². The third kappa shape index (κ3) is 3.68. The Hall–Kier alpha value is -3.37. The van der Waals surface area contributed by atoms with Gasteiger partial charge in [-0.15, -0.1) is 0 Å². The van der Waals surface area contributed by atoms with Crippen molar-refractivity contribution in [3.8, 4) is 5.75 Å². The molecule has 0 fully saturated rings. The summed E-state index contributed by atoms with van der Waals surface area (Å²) in [5.41, 5.74) is -1.98. The van der Waals surface area contributed by atoms with E-state index in [2.05, 4.69) is 0 Å². The van der Waals surface area contributed by atoms with E-state index in [1.165, 1.54) is 7.11 Å². The zero-order valence-electron chi connectivity index (χ0n) is 14.4. The molecular formula is C17H13F4N3O4. The largest absolute Gasteiger partial charge is 0.497 e. The summed E-state index contributed by atoms with van der Waals surface area (Å²) >= 11 is 0. The van der Waals surface area contributed by atoms with Crippen molar-refractivity contribution < 1.29 is 27.2 Å². The number of hydrogen-bond acceptors (Lipinski definition) is 4. The van der Waals surface area contributed by atoms with E-state index in [0.717, 1.165) is 10.6 Å². The van der Waals surface area contributed by atoms with Crippen molar-refractivity contribution in [2.24, 2.45) is 0 Å². The van der Waals surface area contributed by atoms with Gasteiger partial charge in [0.1, 0.15) is 12.3 Å². The molecule has 0 aliphatic heterocycles. The maximum Gasteiger partial charge on any atom is 0.406 e. The van der Waals surface area contributed by atoms with Gasteiger partial charge in [0.25, 0.3) is 0 Å². The van der Waals surface area contributed by atoms with Gasteiger partial charge in [-0.3, -0.25) is 19.2 Å². The first-order chi connectivity index (χ1) is 13.1. The van der Waals surface area contributed by atoms with Gasteiger partial charge in [-0.2, -0.15) is 17.6 Å². The molecule has 0 saturated carbocycles. The number of nitro groups is 1. The van der Waals surface area contributed by atoms with Gasteiger partial charge in [0, 0.05) is 12.1 Å². The highest BCUT2D eigenvalue weighted by atomic mass is 19.4. The SMILES string of the molecule is COc1ccc(Cn2c(=O)n(CC(F)(F)F)c3cc(F)c([N+](=O)[O-])cc32)cc1. The van der Waals surface area contributed by atoms with Crippen molar-refractivity contribution >= 4 is 16.7 Å². The second-order valence-electron chi connectivity index (χ2n) is 5.97. The Bertz CT molecular complexity index is 1100. The summed E-state index contributed by atoms with van der Waals surface area (Å²) in [5.74, 6) is -0.789. The Morgan fingerprint density at radius 3 is 2.25 bits per heavy atom. The minimum Gasteiger partial charge on any atom is -0.497 e. The Kier molecular flexibility index (Phi) is 4.84. The molecule has 1 aromatic heterocycles. The molecule has 0 bridgehead atoms. The van der Waals surface area contributed by atoms with Gasteiger partial charge in [0.2, 0.25) is 5.82 Å². The average molecular weight is 399 g/mol. The summed E-state index contributed by atoms with van der Waals surface area (Å²) in [5, 5.41) is 11.0. The van der Waals surface area contributed by atoms with Gasteiger partial charge in [-0.05, 0) is 17.7 Å². The highest BCUT2D eigenvalue weighted by molar-refractivity contribution is 5.79. The van der Waals surface area contributed by atoms with Gasteiger partial charge < -0.3 is 4.74 Å². The fourth-order valence-corrected chi connectivity index (χ4v) is 2.86. The summed E-state index contributed by atoms with van der Waals surface area (Å²) < 4.78 is 59.0. The first-order valence-electron chi connectivity index (χ1n) is 7.87. The van der Waals surface area contributed by atoms with Crippen LogP contribution in [0.2, 0.25) is 0 Å². The molecule has 0 aliphatic rings. The first-order valence-corrected chi connectivity index (χ1v) is 7.87. The lowest BCUT2D eigenvalue weighted by Gasteiger charge is -2.07. The summed E-state index contributed by atoms with van der Waals surface area (Å²) in [4.78, 5) is 22.6. The number of imidazole rings is 1. The molecule has 0 saturated heterocycles. The van der Waals surface area contributed by atoms with Crippen LogP contribution in [0.5, 0.6) is 5.75 Å². The maximum absolute atomic E-state index is 14.0. The first kappa shape index (κ1) is 19.4. The van der Waals surface area contributed by atoms with E-state index in [9.17, 15) is 32.5 Å². The quantitative estimate of drug-likeness (QED) is 0.374. The zero-order valence-corrected chi connectivity index (χ0v) is 14.4. The number of nitrogens with zero attached hydrogens (tertiary/aromatic N) is 3. The smallest absolute Gasteiger partial charge is 0.406 e. The van der Waals surface area contributed by atoms with Crippen LogP contribution in [-0.2, 0) is 13.1 Å². The maximum atomic E-state index is 14.0. The monoisotopic (exact) mass is 399 g/mol. The number of halogens is 4. The molecule has 0 N–H and O–H groups in total. The van der Waals surface area contributed by atoms with Crippen LogP contribution in [0.4, 0.5) is 23.2 Å². The Balaban J connectivity index is 2.21. The zero-order chi connectivity index (χ0) is 20.6. The van der Waals surface area contributed by atoms with Crippen molar-refractivity contribution in [2.75, 3.05) is 7.11 Å². The van der Waals surface area contributed by atoms with Gasteiger partial charge in [-0.1, -0.05) is 12.1 Å². The summed E-state index contributed by atoms with van der Waals surface area (Å²) in [6.07, 6.45) is -4.73. The molecule has 0 atom stereocenters. The Morgan fingerprint density at radius 1 is 1.11 bits per heavy atom. The van der Waals surface area contributed by atoms with Gasteiger partial charge >= 0.3 is 17.6 Å². The number of methoxy groups -OCH3 is 1. The predicted octanol–water partition coefficient (Wildman–Crippen LogP) is 3.47. The Labute approximate surface area is 154 Å². The van der Waals surface area contributed by atoms with Crippen LogP contribution in [-0.4, -0.2) is 27.3 Å². The van der Waals surface area contributed by atoms with Gasteiger partial charge in [0.15, 0.2) is 0 Å². The molecule has 2 aromatic carbocycles. The van der Waals surface area contributed by atoms with E-state index in [1.54, 1.807) is 24.3 Å². The molecule has 28 heavy (non-hydrogen) atoms. The van der Waals surface area contributed by atoms with Crippen molar-refractivity contribution in [3.05, 3.63) is 68.4 Å². The fraction of sp³-hybridized carbons (Fsp3) is 0.235. The Morgan fingerprint density at radius 2 is 1.71 bits per heavy atom. The molecule has 0 spiro atoms. The molecule has 0 unspecified atom stereocenters. The van der Waals surface area contributed by atoms with Crippen molar-refractivity contribution in [2.45, 2.75) is 19.3 Å². The number of fused-ring (bicyclic) bond motifs is 1. The van der Waals surface area contributed by atoms with E-state index < -0.39 is 34.8 Å². The standard InChI is InChI=1S/C17H13F4N3O4/c1-28-11-4-2-10(3-5-11)8-22-15-7-13(24(26)27)12(18)6-14(15)23(16(22)25)9-17(19,20)21/h2-7H,8-9H2,1H3. The van der Waals surface area contributed by atoms with Crippen LogP contribution < -0.4 is 10.4 Å². The fourth-order valence-electron chi connectivity index (χ4n) is 2.86. The number of aromatic nitrogens is 2. The molecule has 1 heterocycles. The van der Waals surface area contributed by atoms with Crippen molar-refractivity contribution in [1.29, 1.82) is 0 Å². The van der Waals surface area contributed by atoms with Gasteiger partial charge in [0.05, 0.1) is 29.6 Å². The molecule has 0 amide bonds.